The van der Waals surface area contributed by atoms with E-state index in [2.05, 4.69) is 84.9 Å². The molecule has 3 rings (SSSR count). The molecule has 2 atom stereocenters. The molecule has 194 valence electrons. The van der Waals surface area contributed by atoms with Gasteiger partial charge in [0.2, 0.25) is 0 Å². The average Bonchev–Trinajstić information content (AvgIpc) is 2.91. The molecule has 0 spiro atoms. The van der Waals surface area contributed by atoms with Crippen molar-refractivity contribution in [1.82, 2.24) is 0 Å². The van der Waals surface area contributed by atoms with Crippen molar-refractivity contribution in [3.8, 4) is 0 Å². The van der Waals surface area contributed by atoms with Crippen LogP contribution in [0.2, 0.25) is 0 Å². The summed E-state index contributed by atoms with van der Waals surface area (Å²) in [7, 11) is 0. The van der Waals surface area contributed by atoms with Crippen LogP contribution < -0.4 is 9.80 Å². The highest BCUT2D eigenvalue weighted by Gasteiger charge is 2.13. The summed E-state index contributed by atoms with van der Waals surface area (Å²) in [4.78, 5) is 2.89. The van der Waals surface area contributed by atoms with Crippen molar-refractivity contribution in [2.45, 2.75) is 51.6 Å². The molecule has 0 amide bonds. The number of quaternary nitrogens is 2. The third kappa shape index (κ3) is 11.0. The van der Waals surface area contributed by atoms with Crippen LogP contribution in [0.1, 0.15) is 47.9 Å². The molecule has 0 radical (unpaired) electrons. The van der Waals surface area contributed by atoms with Gasteiger partial charge in [0.15, 0.2) is 0 Å². The van der Waals surface area contributed by atoms with Gasteiger partial charge in [-0.3, -0.25) is 0 Å². The highest BCUT2D eigenvalue weighted by atomic mass is 16.3. The third-order valence-electron chi connectivity index (χ3n) is 7.01. The summed E-state index contributed by atoms with van der Waals surface area (Å²) in [5.41, 5.74) is 5.49. The summed E-state index contributed by atoms with van der Waals surface area (Å²) in [6, 6.07) is 30.3. The van der Waals surface area contributed by atoms with Gasteiger partial charge in [-0.25, -0.2) is 0 Å². The molecule has 0 heterocycles. The smallest absolute Gasteiger partial charge is 0.103 e. The van der Waals surface area contributed by atoms with E-state index in [0.717, 1.165) is 52.1 Å². The highest BCUT2D eigenvalue weighted by Crippen LogP contribution is 2.06. The van der Waals surface area contributed by atoms with Crippen molar-refractivity contribution in [3.05, 3.63) is 107 Å². The molecule has 4 N–H and O–H groups in total. The molecule has 3 aromatic rings. The lowest BCUT2D eigenvalue weighted by Crippen LogP contribution is -3.11. The van der Waals surface area contributed by atoms with Gasteiger partial charge in [0.05, 0.1) is 26.3 Å². The van der Waals surface area contributed by atoms with Gasteiger partial charge < -0.3 is 20.0 Å². The zero-order valence-corrected chi connectivity index (χ0v) is 21.9. The van der Waals surface area contributed by atoms with E-state index in [1.165, 1.54) is 57.7 Å². The molecule has 0 fully saturated rings. The van der Waals surface area contributed by atoms with Crippen LogP contribution in [0.4, 0.5) is 0 Å². The Morgan fingerprint density at radius 3 is 1.28 bits per heavy atom. The number of hydrogen-bond donors (Lipinski definition) is 4. The summed E-state index contributed by atoms with van der Waals surface area (Å²) >= 11 is 0. The first-order chi connectivity index (χ1) is 17.8. The van der Waals surface area contributed by atoms with Crippen molar-refractivity contribution in [1.29, 1.82) is 0 Å². The highest BCUT2D eigenvalue weighted by molar-refractivity contribution is 5.22. The number of rotatable bonds is 18. The van der Waals surface area contributed by atoms with Crippen LogP contribution in [-0.2, 0) is 25.9 Å². The van der Waals surface area contributed by atoms with Crippen LogP contribution in [-0.4, -0.2) is 49.6 Å². The topological polar surface area (TPSA) is 49.3 Å². The molecule has 3 aromatic carbocycles. The summed E-state index contributed by atoms with van der Waals surface area (Å²) in [6.07, 6.45) is 6.95. The van der Waals surface area contributed by atoms with Crippen LogP contribution >= 0.6 is 0 Å². The number of nitrogens with one attached hydrogen (secondary N) is 2. The van der Waals surface area contributed by atoms with Gasteiger partial charge in [0.25, 0.3) is 0 Å². The lowest BCUT2D eigenvalue weighted by Gasteiger charge is -2.21. The molecule has 4 heteroatoms. The minimum Gasteiger partial charge on any atom is -0.391 e. The van der Waals surface area contributed by atoms with E-state index >= 15 is 0 Å². The number of benzene rings is 3. The van der Waals surface area contributed by atoms with Crippen LogP contribution in [0.3, 0.4) is 0 Å². The van der Waals surface area contributed by atoms with E-state index in [9.17, 15) is 10.2 Å². The largest absolute Gasteiger partial charge is 0.391 e. The predicted molar refractivity (Wildman–Crippen MR) is 148 cm³/mol. The molecule has 0 saturated carbocycles. The second kappa shape index (κ2) is 17.0. The van der Waals surface area contributed by atoms with Crippen LogP contribution in [0, 0.1) is 0 Å². The maximum Gasteiger partial charge on any atom is 0.103 e. The molecule has 0 saturated heterocycles. The quantitative estimate of drug-likeness (QED) is 0.207. The Morgan fingerprint density at radius 2 is 0.861 bits per heavy atom. The molecule has 0 bridgehead atoms. The lowest BCUT2D eigenvalue weighted by molar-refractivity contribution is -0.915. The molecular weight excluding hydrogens is 444 g/mol. The zero-order valence-electron chi connectivity index (χ0n) is 21.9. The van der Waals surface area contributed by atoms with Crippen molar-refractivity contribution < 1.29 is 20.0 Å². The zero-order chi connectivity index (χ0) is 25.3. The fourth-order valence-electron chi connectivity index (χ4n) is 5.04. The fraction of sp³-hybridized carbons (Fsp3) is 0.438. The summed E-state index contributed by atoms with van der Waals surface area (Å²) < 4.78 is 0. The van der Waals surface area contributed by atoms with Crippen molar-refractivity contribution in [2.75, 3.05) is 39.4 Å². The lowest BCUT2D eigenvalue weighted by atomic mass is 10.1. The minimum atomic E-state index is 0.227. The van der Waals surface area contributed by atoms with Gasteiger partial charge in [-0.05, 0) is 55.7 Å². The van der Waals surface area contributed by atoms with Crippen LogP contribution in [0.15, 0.2) is 84.9 Å². The van der Waals surface area contributed by atoms with E-state index < -0.39 is 0 Å². The number of unbranched alkanes of at least 4 members (excludes halogenated alkanes) is 2. The Morgan fingerprint density at radius 1 is 0.444 bits per heavy atom. The van der Waals surface area contributed by atoms with Gasteiger partial charge in [0.1, 0.15) is 26.2 Å². The molecule has 0 aliphatic carbocycles. The van der Waals surface area contributed by atoms with E-state index in [0.29, 0.717) is 0 Å². The molecule has 2 unspecified atom stereocenters. The molecule has 0 aliphatic heterocycles. The summed E-state index contributed by atoms with van der Waals surface area (Å²) in [5.74, 6) is 0. The van der Waals surface area contributed by atoms with Gasteiger partial charge in [-0.2, -0.15) is 0 Å². The van der Waals surface area contributed by atoms with Crippen LogP contribution in [0.5, 0.6) is 0 Å². The van der Waals surface area contributed by atoms with Gasteiger partial charge in [-0.1, -0.05) is 78.9 Å². The van der Waals surface area contributed by atoms with Gasteiger partial charge in [-0.15, -0.1) is 0 Å². The van der Waals surface area contributed by atoms with E-state index in [-0.39, 0.29) is 13.2 Å². The molecule has 0 aromatic heterocycles. The first kappa shape index (κ1) is 28.1. The third-order valence-corrected chi connectivity index (χ3v) is 7.01. The second-order valence-electron chi connectivity index (χ2n) is 10.0. The molecule has 0 aliphatic rings. The summed E-state index contributed by atoms with van der Waals surface area (Å²) in [6.45, 7) is 6.11. The monoisotopic (exact) mass is 490 g/mol. The average molecular weight is 491 g/mol. The van der Waals surface area contributed by atoms with Crippen molar-refractivity contribution in [2.24, 2.45) is 0 Å². The number of hydrogen-bond acceptors (Lipinski definition) is 2. The van der Waals surface area contributed by atoms with E-state index in [4.69, 9.17) is 0 Å². The Hall–Kier alpha value is -2.50. The Kier molecular flexibility index (Phi) is 13.3. The Bertz CT molecular complexity index is 874. The van der Waals surface area contributed by atoms with E-state index in [1.54, 1.807) is 0 Å². The Labute approximate surface area is 218 Å². The maximum absolute atomic E-state index is 9.61. The standard InChI is InChI=1S/C32H44N2O2/c35-24-22-33(20-9-7-16-29-12-3-1-4-13-29)27-31-18-11-19-32(26-31)28-34(23-25-36)21-10-8-17-30-14-5-2-6-15-30/h1-6,11-15,18-19,26,35-36H,7-10,16-17,20-25,27-28H2/p+2. The maximum atomic E-state index is 9.61. The first-order valence-corrected chi connectivity index (χ1v) is 13.8. The first-order valence-electron chi connectivity index (χ1n) is 13.8. The van der Waals surface area contributed by atoms with Crippen molar-refractivity contribution in [3.63, 3.8) is 0 Å². The molecule has 36 heavy (non-hydrogen) atoms. The number of aliphatic hydroxyl groups excluding tert-OH is 2. The summed E-state index contributed by atoms with van der Waals surface area (Å²) in [5, 5.41) is 19.2. The van der Waals surface area contributed by atoms with Gasteiger partial charge >= 0.3 is 0 Å². The second-order valence-corrected chi connectivity index (χ2v) is 10.0. The molecular formula is C32H46N2O2+2. The molecule has 4 nitrogen and oxygen atoms in total. The number of aliphatic hydroxyl groups is 2. The van der Waals surface area contributed by atoms with Gasteiger partial charge in [0, 0.05) is 11.1 Å². The predicted octanol–water partition coefficient (Wildman–Crippen LogP) is 2.49. The fourth-order valence-corrected chi connectivity index (χ4v) is 5.04. The van der Waals surface area contributed by atoms with Crippen LogP contribution in [0.25, 0.3) is 0 Å². The normalized spacial score (nSPS) is 12.9. The minimum absolute atomic E-state index is 0.227. The Balaban J connectivity index is 1.45. The van der Waals surface area contributed by atoms with Crippen molar-refractivity contribution >= 4 is 0 Å². The SMILES string of the molecule is OCC[NH+](CCCCc1ccccc1)Cc1cccc(C[NH+](CCO)CCCCc2ccccc2)c1. The van der Waals surface area contributed by atoms with E-state index in [1.807, 2.05) is 0 Å². The number of aryl methyl sites for hydroxylation is 2.